The number of hydrogen-bond donors (Lipinski definition) is 0. The number of alkyl halides is 1. The van der Waals surface area contributed by atoms with E-state index in [1.165, 1.54) is 12.1 Å². The molecule has 2 aromatic rings. The van der Waals surface area contributed by atoms with E-state index in [9.17, 15) is 9.18 Å². The zero-order valence-electron chi connectivity index (χ0n) is 21.4. The highest BCUT2D eigenvalue weighted by Gasteiger charge is 2.30. The van der Waals surface area contributed by atoms with Crippen LogP contribution in [-0.4, -0.2) is 69.6 Å². The summed E-state index contributed by atoms with van der Waals surface area (Å²) in [4.78, 5) is 19.7. The van der Waals surface area contributed by atoms with E-state index in [2.05, 4.69) is 44.4 Å². The summed E-state index contributed by atoms with van der Waals surface area (Å²) in [5.74, 6) is 0.969. The second kappa shape index (κ2) is 11.5. The molecule has 6 nitrogen and oxygen atoms in total. The second-order valence-corrected chi connectivity index (χ2v) is 10.5. The summed E-state index contributed by atoms with van der Waals surface area (Å²) in [5.41, 5.74) is 2.82. The molecule has 1 amide bonds. The fourth-order valence-electron chi connectivity index (χ4n) is 4.58. The molecular weight excluding hydrogens is 453 g/mol. The Balaban J connectivity index is 2.08. The van der Waals surface area contributed by atoms with Crippen molar-refractivity contribution in [3.8, 4) is 5.69 Å². The van der Waals surface area contributed by atoms with Gasteiger partial charge < -0.3 is 9.80 Å². The summed E-state index contributed by atoms with van der Waals surface area (Å²) in [5, 5.41) is 4.37. The number of benzene rings is 1. The average molecular weight is 492 g/mol. The van der Waals surface area contributed by atoms with Crippen molar-refractivity contribution in [3.05, 3.63) is 41.3 Å². The van der Waals surface area contributed by atoms with Crippen LogP contribution in [0.25, 0.3) is 5.69 Å². The molecule has 0 N–H and O–H groups in total. The fraction of sp³-hybridized carbons (Fsp3) is 0.615. The van der Waals surface area contributed by atoms with Crippen LogP contribution in [0.5, 0.6) is 0 Å². The number of amides is 1. The van der Waals surface area contributed by atoms with Crippen molar-refractivity contribution in [1.82, 2.24) is 19.6 Å². The quantitative estimate of drug-likeness (QED) is 0.476. The molecule has 0 spiro atoms. The van der Waals surface area contributed by atoms with E-state index in [0.717, 1.165) is 55.4 Å². The summed E-state index contributed by atoms with van der Waals surface area (Å²) in [6.07, 6.45) is 0.739. The van der Waals surface area contributed by atoms with Gasteiger partial charge in [-0.2, -0.15) is 5.10 Å². The van der Waals surface area contributed by atoms with Crippen molar-refractivity contribution in [2.24, 2.45) is 5.92 Å². The molecule has 188 valence electrons. The SMILES string of the molecule is CCc1nn(-c2ccc(F)cc2)c(N2CCN(C(C)C)CC2)c1CN(CC(C)C)C(=O)[C@H](C)Cl. The second-order valence-electron chi connectivity index (χ2n) is 9.84. The van der Waals surface area contributed by atoms with Crippen molar-refractivity contribution in [2.75, 3.05) is 37.6 Å². The van der Waals surface area contributed by atoms with Crippen LogP contribution in [0.1, 0.15) is 52.8 Å². The normalized spacial score (nSPS) is 15.9. The Morgan fingerprint density at radius 2 is 1.71 bits per heavy atom. The third kappa shape index (κ3) is 6.11. The molecule has 1 atom stereocenters. The third-order valence-electron chi connectivity index (χ3n) is 6.38. The van der Waals surface area contributed by atoms with Crippen molar-refractivity contribution in [1.29, 1.82) is 0 Å². The summed E-state index contributed by atoms with van der Waals surface area (Å²) in [6.45, 7) is 17.2. The van der Waals surface area contributed by atoms with Gasteiger partial charge in [0.25, 0.3) is 0 Å². The highest BCUT2D eigenvalue weighted by Crippen LogP contribution is 2.31. The maximum absolute atomic E-state index is 13.7. The number of aromatic nitrogens is 2. The molecule has 0 radical (unpaired) electrons. The molecule has 0 saturated carbocycles. The lowest BCUT2D eigenvalue weighted by Gasteiger charge is -2.39. The van der Waals surface area contributed by atoms with Crippen molar-refractivity contribution >= 4 is 23.3 Å². The van der Waals surface area contributed by atoms with Gasteiger partial charge in [-0.1, -0.05) is 20.8 Å². The zero-order chi connectivity index (χ0) is 25.0. The number of rotatable bonds is 9. The van der Waals surface area contributed by atoms with Gasteiger partial charge in [-0.3, -0.25) is 9.69 Å². The Kier molecular flexibility index (Phi) is 8.99. The predicted octanol–water partition coefficient (Wildman–Crippen LogP) is 4.72. The summed E-state index contributed by atoms with van der Waals surface area (Å²) < 4.78 is 15.6. The van der Waals surface area contributed by atoms with Crippen LogP contribution >= 0.6 is 11.6 Å². The van der Waals surface area contributed by atoms with Gasteiger partial charge in [0.15, 0.2) is 0 Å². The minimum absolute atomic E-state index is 0.0671. The van der Waals surface area contributed by atoms with E-state index in [0.29, 0.717) is 25.0 Å². The van der Waals surface area contributed by atoms with Crippen molar-refractivity contribution in [3.63, 3.8) is 0 Å². The lowest BCUT2D eigenvalue weighted by atomic mass is 10.1. The zero-order valence-corrected chi connectivity index (χ0v) is 22.1. The molecule has 0 bridgehead atoms. The first-order valence-electron chi connectivity index (χ1n) is 12.4. The van der Waals surface area contributed by atoms with Crippen LogP contribution in [0.4, 0.5) is 10.2 Å². The van der Waals surface area contributed by atoms with Crippen molar-refractivity contribution < 1.29 is 9.18 Å². The number of aryl methyl sites for hydroxylation is 1. The fourth-order valence-corrected chi connectivity index (χ4v) is 4.72. The van der Waals surface area contributed by atoms with Gasteiger partial charge >= 0.3 is 0 Å². The standard InChI is InChI=1S/C26H39ClFN5O/c1-7-24-23(17-32(16-18(2)3)26(34)20(6)27)25(31-14-12-30(13-15-31)19(4)5)33(29-24)22-10-8-21(28)9-11-22/h8-11,18-20H,7,12-17H2,1-6H3/t20-/m0/s1. The van der Waals surface area contributed by atoms with Crippen LogP contribution in [0.15, 0.2) is 24.3 Å². The molecule has 1 fully saturated rings. The van der Waals surface area contributed by atoms with Gasteiger partial charge in [0, 0.05) is 44.3 Å². The Bertz CT molecular complexity index is 949. The average Bonchev–Trinajstić information content (AvgIpc) is 3.16. The summed E-state index contributed by atoms with van der Waals surface area (Å²) in [6, 6.07) is 6.95. The monoisotopic (exact) mass is 491 g/mol. The van der Waals surface area contributed by atoms with Gasteiger partial charge in [-0.05, 0) is 57.4 Å². The van der Waals surface area contributed by atoms with E-state index >= 15 is 0 Å². The number of nitrogens with zero attached hydrogens (tertiary/aromatic N) is 5. The molecule has 1 saturated heterocycles. The maximum Gasteiger partial charge on any atom is 0.240 e. The molecule has 1 aromatic heterocycles. The Hall–Kier alpha value is -2.12. The molecule has 0 aliphatic carbocycles. The first-order chi connectivity index (χ1) is 16.1. The molecule has 0 unspecified atom stereocenters. The molecule has 3 rings (SSSR count). The summed E-state index contributed by atoms with van der Waals surface area (Å²) in [7, 11) is 0. The first-order valence-corrected chi connectivity index (χ1v) is 12.8. The van der Waals surface area contributed by atoms with Gasteiger partial charge in [0.2, 0.25) is 5.91 Å². The first kappa shape index (κ1) is 26.5. The Morgan fingerprint density at radius 3 is 2.21 bits per heavy atom. The number of halogens is 2. The smallest absolute Gasteiger partial charge is 0.240 e. The number of carbonyl (C=O) groups excluding carboxylic acids is 1. The number of piperazine rings is 1. The minimum Gasteiger partial charge on any atom is -0.354 e. The minimum atomic E-state index is -0.589. The maximum atomic E-state index is 13.7. The van der Waals surface area contributed by atoms with Crippen LogP contribution < -0.4 is 4.90 Å². The number of hydrogen-bond acceptors (Lipinski definition) is 4. The molecule has 2 heterocycles. The van der Waals surface area contributed by atoms with E-state index in [1.807, 2.05) is 9.58 Å². The molecule has 34 heavy (non-hydrogen) atoms. The van der Waals surface area contributed by atoms with E-state index in [-0.39, 0.29) is 11.7 Å². The molecule has 1 aromatic carbocycles. The van der Waals surface area contributed by atoms with Gasteiger partial charge in [0.1, 0.15) is 17.0 Å². The lowest BCUT2D eigenvalue weighted by molar-refractivity contribution is -0.131. The van der Waals surface area contributed by atoms with E-state index < -0.39 is 5.38 Å². The third-order valence-corrected chi connectivity index (χ3v) is 6.56. The van der Waals surface area contributed by atoms with Gasteiger partial charge in [0.05, 0.1) is 17.9 Å². The molecule has 1 aliphatic heterocycles. The van der Waals surface area contributed by atoms with Gasteiger partial charge in [-0.25, -0.2) is 9.07 Å². The summed E-state index contributed by atoms with van der Waals surface area (Å²) >= 11 is 6.23. The topological polar surface area (TPSA) is 44.6 Å². The molecule has 8 heteroatoms. The van der Waals surface area contributed by atoms with E-state index in [1.54, 1.807) is 19.1 Å². The Labute approximate surface area is 208 Å². The lowest BCUT2D eigenvalue weighted by Crippen LogP contribution is -2.49. The molecule has 1 aliphatic rings. The Morgan fingerprint density at radius 1 is 1.09 bits per heavy atom. The van der Waals surface area contributed by atoms with Crippen LogP contribution in [0.3, 0.4) is 0 Å². The largest absolute Gasteiger partial charge is 0.354 e. The van der Waals surface area contributed by atoms with E-state index in [4.69, 9.17) is 16.7 Å². The number of anilines is 1. The highest BCUT2D eigenvalue weighted by atomic mass is 35.5. The molecular formula is C26H39ClFN5O. The van der Waals surface area contributed by atoms with Crippen LogP contribution in [0, 0.1) is 11.7 Å². The van der Waals surface area contributed by atoms with Crippen molar-refractivity contribution in [2.45, 2.75) is 65.9 Å². The predicted molar refractivity (Wildman–Crippen MR) is 137 cm³/mol. The van der Waals surface area contributed by atoms with Crippen LogP contribution in [-0.2, 0) is 17.8 Å². The van der Waals surface area contributed by atoms with Gasteiger partial charge in [-0.15, -0.1) is 11.6 Å². The highest BCUT2D eigenvalue weighted by molar-refractivity contribution is 6.30. The number of carbonyl (C=O) groups is 1. The van der Waals surface area contributed by atoms with Crippen LogP contribution in [0.2, 0.25) is 0 Å².